The van der Waals surface area contributed by atoms with Crippen molar-refractivity contribution >= 4 is 6.09 Å². The summed E-state index contributed by atoms with van der Waals surface area (Å²) in [5.41, 5.74) is -0.236. The number of amides is 1. The van der Waals surface area contributed by atoms with Gasteiger partial charge in [-0.25, -0.2) is 4.79 Å². The van der Waals surface area contributed by atoms with E-state index in [4.69, 9.17) is 4.74 Å². The Morgan fingerprint density at radius 2 is 1.81 bits per heavy atom. The summed E-state index contributed by atoms with van der Waals surface area (Å²) in [6.07, 6.45) is 6.99. The first-order valence-electron chi connectivity index (χ1n) is 8.49. The highest BCUT2D eigenvalue weighted by Crippen LogP contribution is 2.23. The van der Waals surface area contributed by atoms with Crippen molar-refractivity contribution in [2.45, 2.75) is 84.3 Å². The summed E-state index contributed by atoms with van der Waals surface area (Å²) < 4.78 is 5.44. The minimum atomic E-state index is -0.407. The SMILES string of the molecule is CCCCCCNC1(C)CCN(C(=O)OC(C)(C)C)CC1. The van der Waals surface area contributed by atoms with Gasteiger partial charge < -0.3 is 15.0 Å². The van der Waals surface area contributed by atoms with Gasteiger partial charge in [-0.05, 0) is 53.5 Å². The van der Waals surface area contributed by atoms with E-state index in [0.717, 1.165) is 32.5 Å². The highest BCUT2D eigenvalue weighted by molar-refractivity contribution is 5.68. The van der Waals surface area contributed by atoms with Gasteiger partial charge in [0.05, 0.1) is 0 Å². The molecule has 0 unspecified atom stereocenters. The van der Waals surface area contributed by atoms with Crippen LogP contribution in [0.25, 0.3) is 0 Å². The van der Waals surface area contributed by atoms with Gasteiger partial charge in [-0.1, -0.05) is 26.2 Å². The van der Waals surface area contributed by atoms with Crippen molar-refractivity contribution < 1.29 is 9.53 Å². The van der Waals surface area contributed by atoms with E-state index >= 15 is 0 Å². The predicted molar refractivity (Wildman–Crippen MR) is 87.6 cm³/mol. The van der Waals surface area contributed by atoms with Gasteiger partial charge >= 0.3 is 6.09 Å². The number of piperidine rings is 1. The number of hydrogen-bond donors (Lipinski definition) is 1. The van der Waals surface area contributed by atoms with Crippen molar-refractivity contribution in [2.24, 2.45) is 0 Å². The molecule has 21 heavy (non-hydrogen) atoms. The van der Waals surface area contributed by atoms with Crippen molar-refractivity contribution in [1.82, 2.24) is 10.2 Å². The van der Waals surface area contributed by atoms with Gasteiger partial charge in [-0.15, -0.1) is 0 Å². The standard InChI is InChI=1S/C17H34N2O2/c1-6-7-8-9-12-18-17(5)10-13-19(14-11-17)15(20)21-16(2,3)4/h18H,6-14H2,1-5H3. The summed E-state index contributed by atoms with van der Waals surface area (Å²) in [6.45, 7) is 12.9. The molecule has 1 aliphatic heterocycles. The zero-order valence-corrected chi connectivity index (χ0v) is 14.6. The number of carbonyl (C=O) groups is 1. The summed E-state index contributed by atoms with van der Waals surface area (Å²) in [7, 11) is 0. The third kappa shape index (κ3) is 7.16. The van der Waals surface area contributed by atoms with Crippen LogP contribution in [0.3, 0.4) is 0 Å². The minimum absolute atomic E-state index is 0.171. The molecule has 1 amide bonds. The number of unbranched alkanes of at least 4 members (excludes halogenated alkanes) is 3. The minimum Gasteiger partial charge on any atom is -0.444 e. The van der Waals surface area contributed by atoms with Crippen molar-refractivity contribution in [3.63, 3.8) is 0 Å². The molecule has 0 radical (unpaired) electrons. The van der Waals surface area contributed by atoms with Crippen molar-refractivity contribution in [3.05, 3.63) is 0 Å². The second-order valence-corrected chi connectivity index (χ2v) is 7.52. The van der Waals surface area contributed by atoms with Gasteiger partial charge in [-0.3, -0.25) is 0 Å². The van der Waals surface area contributed by atoms with Crippen LogP contribution in [-0.2, 0) is 4.74 Å². The van der Waals surface area contributed by atoms with Gasteiger partial charge in [0.15, 0.2) is 0 Å². The molecule has 1 aliphatic rings. The van der Waals surface area contributed by atoms with E-state index in [9.17, 15) is 4.79 Å². The number of carbonyl (C=O) groups excluding carboxylic acids is 1. The normalized spacial score (nSPS) is 18.6. The van der Waals surface area contributed by atoms with E-state index in [2.05, 4.69) is 19.2 Å². The Bertz CT molecular complexity index is 315. The molecule has 4 nitrogen and oxygen atoms in total. The molecule has 4 heteroatoms. The van der Waals surface area contributed by atoms with Crippen LogP contribution < -0.4 is 5.32 Å². The van der Waals surface area contributed by atoms with E-state index in [1.165, 1.54) is 25.7 Å². The number of likely N-dealkylation sites (tertiary alicyclic amines) is 1. The first kappa shape index (κ1) is 18.3. The lowest BCUT2D eigenvalue weighted by molar-refractivity contribution is 0.0158. The lowest BCUT2D eigenvalue weighted by atomic mass is 9.89. The molecule has 0 aromatic heterocycles. The lowest BCUT2D eigenvalue weighted by Gasteiger charge is -2.40. The Morgan fingerprint density at radius 3 is 2.33 bits per heavy atom. The van der Waals surface area contributed by atoms with E-state index in [1.807, 2.05) is 25.7 Å². The van der Waals surface area contributed by atoms with Gasteiger partial charge in [0.25, 0.3) is 0 Å². The zero-order chi connectivity index (χ0) is 15.9. The van der Waals surface area contributed by atoms with Crippen LogP contribution in [0.1, 0.15) is 73.1 Å². The highest BCUT2D eigenvalue weighted by atomic mass is 16.6. The van der Waals surface area contributed by atoms with E-state index in [0.29, 0.717) is 0 Å². The maximum atomic E-state index is 12.0. The van der Waals surface area contributed by atoms with Crippen LogP contribution in [0.5, 0.6) is 0 Å². The van der Waals surface area contributed by atoms with Crippen LogP contribution in [0.15, 0.2) is 0 Å². The fourth-order valence-corrected chi connectivity index (χ4v) is 2.63. The number of rotatable bonds is 6. The van der Waals surface area contributed by atoms with Crippen LogP contribution in [0.4, 0.5) is 4.79 Å². The predicted octanol–water partition coefficient (Wildman–Crippen LogP) is 3.95. The number of ether oxygens (including phenoxy) is 1. The van der Waals surface area contributed by atoms with Gasteiger partial charge in [-0.2, -0.15) is 0 Å². The molecular formula is C17H34N2O2. The maximum Gasteiger partial charge on any atom is 0.410 e. The van der Waals surface area contributed by atoms with Crippen LogP contribution in [-0.4, -0.2) is 41.8 Å². The summed E-state index contributed by atoms with van der Waals surface area (Å²) >= 11 is 0. The molecule has 0 aromatic carbocycles. The number of hydrogen-bond acceptors (Lipinski definition) is 3. The molecule has 1 fully saturated rings. The third-order valence-corrected chi connectivity index (χ3v) is 4.10. The first-order chi connectivity index (χ1) is 9.76. The average molecular weight is 298 g/mol. The second-order valence-electron chi connectivity index (χ2n) is 7.52. The molecule has 0 spiro atoms. The molecule has 0 bridgehead atoms. The summed E-state index contributed by atoms with van der Waals surface area (Å²) in [5, 5.41) is 3.69. The number of nitrogens with zero attached hydrogens (tertiary/aromatic N) is 1. The fraction of sp³-hybridized carbons (Fsp3) is 0.941. The van der Waals surface area contributed by atoms with Crippen molar-refractivity contribution in [3.8, 4) is 0 Å². The molecule has 1 N–H and O–H groups in total. The Balaban J connectivity index is 2.28. The maximum absolute atomic E-state index is 12.0. The van der Waals surface area contributed by atoms with E-state index in [1.54, 1.807) is 0 Å². The molecular weight excluding hydrogens is 264 g/mol. The van der Waals surface area contributed by atoms with Crippen LogP contribution >= 0.6 is 0 Å². The average Bonchev–Trinajstić information content (AvgIpc) is 2.37. The van der Waals surface area contributed by atoms with Gasteiger partial charge in [0.1, 0.15) is 5.60 Å². The molecule has 0 aliphatic carbocycles. The fourth-order valence-electron chi connectivity index (χ4n) is 2.63. The molecule has 1 saturated heterocycles. The molecule has 0 aromatic rings. The van der Waals surface area contributed by atoms with Gasteiger partial charge in [0, 0.05) is 18.6 Å². The second kappa shape index (κ2) is 8.02. The summed E-state index contributed by atoms with van der Waals surface area (Å²) in [5.74, 6) is 0. The topological polar surface area (TPSA) is 41.6 Å². The lowest BCUT2D eigenvalue weighted by Crippen LogP contribution is -2.53. The largest absolute Gasteiger partial charge is 0.444 e. The van der Waals surface area contributed by atoms with E-state index in [-0.39, 0.29) is 11.6 Å². The Labute approximate surface area is 130 Å². The first-order valence-corrected chi connectivity index (χ1v) is 8.49. The van der Waals surface area contributed by atoms with Crippen molar-refractivity contribution in [2.75, 3.05) is 19.6 Å². The monoisotopic (exact) mass is 298 g/mol. The van der Waals surface area contributed by atoms with Crippen LogP contribution in [0, 0.1) is 0 Å². The molecule has 0 saturated carbocycles. The summed E-state index contributed by atoms with van der Waals surface area (Å²) in [4.78, 5) is 13.9. The third-order valence-electron chi connectivity index (χ3n) is 4.10. The van der Waals surface area contributed by atoms with E-state index < -0.39 is 5.60 Å². The molecule has 124 valence electrons. The molecule has 1 heterocycles. The van der Waals surface area contributed by atoms with Crippen molar-refractivity contribution in [1.29, 1.82) is 0 Å². The van der Waals surface area contributed by atoms with Gasteiger partial charge in [0.2, 0.25) is 0 Å². The molecule has 1 rings (SSSR count). The smallest absolute Gasteiger partial charge is 0.410 e. The Kier molecular flexibility index (Phi) is 6.98. The highest BCUT2D eigenvalue weighted by Gasteiger charge is 2.32. The Hall–Kier alpha value is -0.770. The quantitative estimate of drug-likeness (QED) is 0.755. The molecule has 0 atom stereocenters. The Morgan fingerprint density at radius 1 is 1.19 bits per heavy atom. The zero-order valence-electron chi connectivity index (χ0n) is 14.6. The summed E-state index contributed by atoms with van der Waals surface area (Å²) in [6, 6.07) is 0. The van der Waals surface area contributed by atoms with Crippen LogP contribution in [0.2, 0.25) is 0 Å². The number of nitrogens with one attached hydrogen (secondary N) is 1.